The molecule has 1 aliphatic carbocycles. The predicted molar refractivity (Wildman–Crippen MR) is 75.4 cm³/mol. The molecular formula is C13H23N3O2S. The largest absolute Gasteiger partial charge is 0.349 e. The minimum Gasteiger partial charge on any atom is -0.349 e. The van der Waals surface area contributed by atoms with Crippen molar-refractivity contribution >= 4 is 10.0 Å². The summed E-state index contributed by atoms with van der Waals surface area (Å²) in [5, 5.41) is 3.43. The summed E-state index contributed by atoms with van der Waals surface area (Å²) in [6, 6.07) is 2.40. The van der Waals surface area contributed by atoms with Crippen LogP contribution in [-0.2, 0) is 23.1 Å². The van der Waals surface area contributed by atoms with E-state index in [1.54, 1.807) is 19.2 Å². The lowest BCUT2D eigenvalue weighted by Crippen LogP contribution is -2.22. The van der Waals surface area contributed by atoms with Crippen molar-refractivity contribution < 1.29 is 8.42 Å². The SMILES string of the molecule is CCCn1cc(S(=O)(=O)NCC)cc1CNC1CC1. The number of hydrogen-bond donors (Lipinski definition) is 2. The standard InChI is InChI=1S/C13H23N3O2S/c1-3-7-16-10-13(19(17,18)15-4-2)8-12(16)9-14-11-5-6-11/h8,10-11,14-15H,3-7,9H2,1-2H3. The molecule has 0 amide bonds. The van der Waals surface area contributed by atoms with Gasteiger partial charge >= 0.3 is 0 Å². The Hall–Kier alpha value is -0.850. The molecule has 1 aromatic rings. The maximum atomic E-state index is 12.0. The van der Waals surface area contributed by atoms with Gasteiger partial charge in [-0.15, -0.1) is 0 Å². The van der Waals surface area contributed by atoms with E-state index in [4.69, 9.17) is 0 Å². The molecule has 0 aromatic carbocycles. The second-order valence-corrected chi connectivity index (χ2v) is 6.78. The van der Waals surface area contributed by atoms with Gasteiger partial charge in [0.1, 0.15) is 0 Å². The van der Waals surface area contributed by atoms with E-state index in [1.165, 1.54) is 12.8 Å². The van der Waals surface area contributed by atoms with E-state index in [9.17, 15) is 8.42 Å². The number of nitrogens with zero attached hydrogens (tertiary/aromatic N) is 1. The van der Waals surface area contributed by atoms with Crippen molar-refractivity contribution in [3.8, 4) is 0 Å². The Labute approximate surface area is 115 Å². The number of rotatable bonds is 8. The summed E-state index contributed by atoms with van der Waals surface area (Å²) in [6.45, 7) is 5.89. The van der Waals surface area contributed by atoms with Crippen molar-refractivity contribution in [1.29, 1.82) is 0 Å². The first-order valence-corrected chi connectivity index (χ1v) is 8.47. The topological polar surface area (TPSA) is 63.1 Å². The second-order valence-electron chi connectivity index (χ2n) is 5.02. The highest BCUT2D eigenvalue weighted by molar-refractivity contribution is 7.89. The Morgan fingerprint density at radius 3 is 2.68 bits per heavy atom. The van der Waals surface area contributed by atoms with Gasteiger partial charge in [-0.3, -0.25) is 0 Å². The van der Waals surface area contributed by atoms with Gasteiger partial charge in [-0.1, -0.05) is 13.8 Å². The summed E-state index contributed by atoms with van der Waals surface area (Å²) < 4.78 is 28.6. The third kappa shape index (κ3) is 3.81. The highest BCUT2D eigenvalue weighted by Crippen LogP contribution is 2.21. The van der Waals surface area contributed by atoms with Gasteiger partial charge in [0, 0.05) is 37.6 Å². The zero-order valence-electron chi connectivity index (χ0n) is 11.6. The van der Waals surface area contributed by atoms with Crippen LogP contribution >= 0.6 is 0 Å². The molecule has 0 bridgehead atoms. The van der Waals surface area contributed by atoms with Gasteiger partial charge in [0.25, 0.3) is 0 Å². The second kappa shape index (κ2) is 6.07. The first-order chi connectivity index (χ1) is 9.06. The van der Waals surface area contributed by atoms with E-state index >= 15 is 0 Å². The molecule has 1 aromatic heterocycles. The lowest BCUT2D eigenvalue weighted by atomic mass is 10.4. The van der Waals surface area contributed by atoms with Crippen molar-refractivity contribution in [2.45, 2.75) is 57.1 Å². The lowest BCUT2D eigenvalue weighted by Gasteiger charge is -2.07. The first-order valence-electron chi connectivity index (χ1n) is 6.99. The van der Waals surface area contributed by atoms with Gasteiger partial charge in [-0.05, 0) is 25.3 Å². The van der Waals surface area contributed by atoms with Crippen LogP contribution in [0.5, 0.6) is 0 Å². The molecule has 2 N–H and O–H groups in total. The average molecular weight is 285 g/mol. The molecule has 1 heterocycles. The van der Waals surface area contributed by atoms with Crippen LogP contribution in [0.25, 0.3) is 0 Å². The minimum atomic E-state index is -3.35. The maximum Gasteiger partial charge on any atom is 0.242 e. The summed E-state index contributed by atoms with van der Waals surface area (Å²) in [6.07, 6.45) is 5.20. The highest BCUT2D eigenvalue weighted by atomic mass is 32.2. The van der Waals surface area contributed by atoms with Crippen LogP contribution in [-0.4, -0.2) is 25.6 Å². The van der Waals surface area contributed by atoms with Crippen molar-refractivity contribution in [3.05, 3.63) is 18.0 Å². The van der Waals surface area contributed by atoms with E-state index in [2.05, 4.69) is 17.0 Å². The molecule has 0 aliphatic heterocycles. The van der Waals surface area contributed by atoms with Crippen LogP contribution in [0.15, 0.2) is 17.2 Å². The van der Waals surface area contributed by atoms with Gasteiger partial charge in [0.2, 0.25) is 10.0 Å². The predicted octanol–water partition coefficient (Wildman–Crippen LogP) is 1.45. The van der Waals surface area contributed by atoms with Crippen molar-refractivity contribution in [2.24, 2.45) is 0 Å². The number of hydrogen-bond acceptors (Lipinski definition) is 3. The van der Waals surface area contributed by atoms with E-state index in [-0.39, 0.29) is 0 Å². The van der Waals surface area contributed by atoms with Gasteiger partial charge in [-0.25, -0.2) is 13.1 Å². The summed E-state index contributed by atoms with van der Waals surface area (Å²) in [5.74, 6) is 0. The molecule has 0 radical (unpaired) electrons. The molecular weight excluding hydrogens is 262 g/mol. The van der Waals surface area contributed by atoms with Crippen molar-refractivity contribution in [1.82, 2.24) is 14.6 Å². The molecule has 108 valence electrons. The fraction of sp³-hybridized carbons (Fsp3) is 0.692. The van der Waals surface area contributed by atoms with Crippen LogP contribution in [0.4, 0.5) is 0 Å². The Morgan fingerprint density at radius 1 is 1.37 bits per heavy atom. The molecule has 6 heteroatoms. The van der Waals surface area contributed by atoms with E-state index in [1.807, 2.05) is 4.57 Å². The first kappa shape index (κ1) is 14.6. The third-order valence-electron chi connectivity index (χ3n) is 3.22. The number of aryl methyl sites for hydroxylation is 1. The molecule has 2 rings (SSSR count). The van der Waals surface area contributed by atoms with Crippen LogP contribution in [0, 0.1) is 0 Å². The molecule has 1 aliphatic rings. The molecule has 0 saturated heterocycles. The van der Waals surface area contributed by atoms with E-state index in [0.717, 1.165) is 25.2 Å². The Kier molecular flexibility index (Phi) is 4.65. The van der Waals surface area contributed by atoms with Crippen molar-refractivity contribution in [2.75, 3.05) is 6.54 Å². The Balaban J connectivity index is 2.17. The molecule has 0 unspecified atom stereocenters. The molecule has 5 nitrogen and oxygen atoms in total. The summed E-state index contributed by atoms with van der Waals surface area (Å²) in [4.78, 5) is 0.371. The number of sulfonamides is 1. The fourth-order valence-electron chi connectivity index (χ4n) is 2.08. The number of aromatic nitrogens is 1. The van der Waals surface area contributed by atoms with Crippen molar-refractivity contribution in [3.63, 3.8) is 0 Å². The monoisotopic (exact) mass is 285 g/mol. The zero-order valence-corrected chi connectivity index (χ0v) is 12.5. The van der Waals surface area contributed by atoms with Crippen LogP contribution in [0.2, 0.25) is 0 Å². The van der Waals surface area contributed by atoms with Crippen LogP contribution in [0.3, 0.4) is 0 Å². The van der Waals surface area contributed by atoms with Gasteiger partial charge in [-0.2, -0.15) is 0 Å². The highest BCUT2D eigenvalue weighted by Gasteiger charge is 2.22. The Bertz CT molecular complexity index is 518. The van der Waals surface area contributed by atoms with E-state index in [0.29, 0.717) is 17.5 Å². The molecule has 0 atom stereocenters. The summed E-state index contributed by atoms with van der Waals surface area (Å²) in [5.41, 5.74) is 1.05. The zero-order chi connectivity index (χ0) is 13.9. The van der Waals surface area contributed by atoms with Gasteiger partial charge in [0.05, 0.1) is 4.90 Å². The summed E-state index contributed by atoms with van der Waals surface area (Å²) in [7, 11) is -3.35. The maximum absolute atomic E-state index is 12.0. The molecule has 1 saturated carbocycles. The number of nitrogens with one attached hydrogen (secondary N) is 2. The quantitative estimate of drug-likeness (QED) is 0.760. The molecule has 0 spiro atoms. The van der Waals surface area contributed by atoms with E-state index < -0.39 is 10.0 Å². The molecule has 1 fully saturated rings. The van der Waals surface area contributed by atoms with Gasteiger partial charge < -0.3 is 9.88 Å². The van der Waals surface area contributed by atoms with Crippen LogP contribution < -0.4 is 10.0 Å². The lowest BCUT2D eigenvalue weighted by molar-refractivity contribution is 0.582. The summed E-state index contributed by atoms with van der Waals surface area (Å²) >= 11 is 0. The van der Waals surface area contributed by atoms with Crippen LogP contribution in [0.1, 0.15) is 38.8 Å². The fourth-order valence-corrected chi connectivity index (χ4v) is 3.18. The Morgan fingerprint density at radius 2 is 2.11 bits per heavy atom. The average Bonchev–Trinajstić information content (AvgIpc) is 3.08. The van der Waals surface area contributed by atoms with Gasteiger partial charge in [0.15, 0.2) is 0 Å². The minimum absolute atomic E-state index is 0.371. The smallest absolute Gasteiger partial charge is 0.242 e. The molecule has 19 heavy (non-hydrogen) atoms. The third-order valence-corrected chi connectivity index (χ3v) is 4.73. The normalized spacial score (nSPS) is 15.9.